The molecule has 0 spiro atoms. The molecule has 20 heavy (non-hydrogen) atoms. The van der Waals surface area contributed by atoms with Crippen LogP contribution in [-0.2, 0) is 10.0 Å². The zero-order valence-corrected chi connectivity index (χ0v) is 12.9. The van der Waals surface area contributed by atoms with Gasteiger partial charge in [0.25, 0.3) is 0 Å². The van der Waals surface area contributed by atoms with Crippen LogP contribution in [0, 0.1) is 5.92 Å². The van der Waals surface area contributed by atoms with Crippen molar-refractivity contribution in [2.45, 2.75) is 30.7 Å². The topological polar surface area (TPSA) is 83.5 Å². The number of carboxylic acid groups (broad SMARTS) is 1. The SMILES string of the molecule is CCC1CC1NS(=O)(=O)c1cc(Cl)cc(C(=O)O)c1Cl. The van der Waals surface area contributed by atoms with Crippen LogP contribution in [0.5, 0.6) is 0 Å². The number of rotatable bonds is 5. The van der Waals surface area contributed by atoms with Crippen LogP contribution in [0.3, 0.4) is 0 Å². The van der Waals surface area contributed by atoms with Crippen molar-refractivity contribution in [3.05, 3.63) is 27.7 Å². The van der Waals surface area contributed by atoms with E-state index in [2.05, 4.69) is 4.72 Å². The van der Waals surface area contributed by atoms with E-state index >= 15 is 0 Å². The molecule has 0 heterocycles. The van der Waals surface area contributed by atoms with E-state index in [9.17, 15) is 13.2 Å². The van der Waals surface area contributed by atoms with Gasteiger partial charge >= 0.3 is 5.97 Å². The monoisotopic (exact) mass is 337 g/mol. The highest BCUT2D eigenvalue weighted by molar-refractivity contribution is 7.89. The number of halogens is 2. The summed E-state index contributed by atoms with van der Waals surface area (Å²) in [4.78, 5) is 10.7. The molecule has 8 heteroatoms. The van der Waals surface area contributed by atoms with Crippen molar-refractivity contribution in [2.75, 3.05) is 0 Å². The summed E-state index contributed by atoms with van der Waals surface area (Å²) < 4.78 is 27.0. The number of nitrogens with one attached hydrogen (secondary N) is 1. The van der Waals surface area contributed by atoms with E-state index in [1.807, 2.05) is 6.92 Å². The van der Waals surface area contributed by atoms with Gasteiger partial charge in [0.2, 0.25) is 10.0 Å². The summed E-state index contributed by atoms with van der Waals surface area (Å²) in [5, 5.41) is 8.68. The van der Waals surface area contributed by atoms with Crippen molar-refractivity contribution in [3.63, 3.8) is 0 Å². The van der Waals surface area contributed by atoms with Gasteiger partial charge in [-0.25, -0.2) is 17.9 Å². The van der Waals surface area contributed by atoms with Crippen LogP contribution >= 0.6 is 23.2 Å². The highest BCUT2D eigenvalue weighted by Gasteiger charge is 2.39. The van der Waals surface area contributed by atoms with Gasteiger partial charge in [0, 0.05) is 11.1 Å². The Morgan fingerprint density at radius 1 is 1.45 bits per heavy atom. The average Bonchev–Trinajstić information content (AvgIpc) is 3.08. The lowest BCUT2D eigenvalue weighted by molar-refractivity contribution is 0.0697. The predicted octanol–water partition coefficient (Wildman–Crippen LogP) is 2.77. The number of carbonyl (C=O) groups is 1. The Kier molecular flexibility index (Phi) is 4.30. The maximum atomic E-state index is 12.2. The van der Waals surface area contributed by atoms with Gasteiger partial charge in [-0.2, -0.15) is 0 Å². The van der Waals surface area contributed by atoms with E-state index in [0.717, 1.165) is 25.0 Å². The van der Waals surface area contributed by atoms with Gasteiger partial charge in [-0.15, -0.1) is 0 Å². The summed E-state index contributed by atoms with van der Waals surface area (Å²) in [7, 11) is -3.88. The molecular weight excluding hydrogens is 325 g/mol. The molecule has 0 radical (unpaired) electrons. The second-order valence-electron chi connectivity index (χ2n) is 4.70. The summed E-state index contributed by atoms with van der Waals surface area (Å²) in [5.41, 5.74) is -0.331. The fraction of sp³-hybridized carbons (Fsp3) is 0.417. The van der Waals surface area contributed by atoms with Crippen LogP contribution in [0.1, 0.15) is 30.1 Å². The van der Waals surface area contributed by atoms with Crippen LogP contribution in [0.15, 0.2) is 17.0 Å². The third-order valence-corrected chi connectivity index (χ3v) is 5.53. The predicted molar refractivity (Wildman–Crippen MR) is 75.9 cm³/mol. The Hall–Kier alpha value is -0.820. The van der Waals surface area contributed by atoms with Gasteiger partial charge in [0.1, 0.15) is 4.90 Å². The molecule has 0 amide bonds. The zero-order valence-electron chi connectivity index (χ0n) is 10.6. The van der Waals surface area contributed by atoms with Crippen molar-refractivity contribution >= 4 is 39.2 Å². The third kappa shape index (κ3) is 3.09. The maximum Gasteiger partial charge on any atom is 0.337 e. The number of aromatic carboxylic acids is 1. The van der Waals surface area contributed by atoms with E-state index in [4.69, 9.17) is 28.3 Å². The minimum absolute atomic E-state index is 0.00927. The number of hydrogen-bond acceptors (Lipinski definition) is 3. The lowest BCUT2D eigenvalue weighted by Crippen LogP contribution is -2.27. The van der Waals surface area contributed by atoms with Gasteiger partial charge in [-0.1, -0.05) is 36.5 Å². The highest BCUT2D eigenvalue weighted by Crippen LogP contribution is 2.36. The highest BCUT2D eigenvalue weighted by atomic mass is 35.5. The molecule has 110 valence electrons. The first-order valence-corrected chi connectivity index (χ1v) is 8.24. The second kappa shape index (κ2) is 5.52. The molecule has 1 aliphatic rings. The summed E-state index contributed by atoms with van der Waals surface area (Å²) in [6.45, 7) is 1.98. The number of sulfonamides is 1. The summed E-state index contributed by atoms with van der Waals surface area (Å²) >= 11 is 11.6. The molecule has 1 saturated carbocycles. The number of hydrogen-bond donors (Lipinski definition) is 2. The number of carboxylic acids is 1. The van der Waals surface area contributed by atoms with Crippen LogP contribution in [0.4, 0.5) is 0 Å². The summed E-state index contributed by atoms with van der Waals surface area (Å²) in [6, 6.07) is 2.16. The smallest absolute Gasteiger partial charge is 0.337 e. The molecule has 0 aliphatic heterocycles. The van der Waals surface area contributed by atoms with Crippen LogP contribution in [0.2, 0.25) is 10.0 Å². The molecule has 1 aromatic carbocycles. The van der Waals surface area contributed by atoms with Crippen molar-refractivity contribution < 1.29 is 18.3 Å². The molecular formula is C12H13Cl2NO4S. The zero-order chi connectivity index (χ0) is 15.1. The van der Waals surface area contributed by atoms with E-state index in [1.165, 1.54) is 0 Å². The first kappa shape index (κ1) is 15.6. The molecule has 1 fully saturated rings. The lowest BCUT2D eigenvalue weighted by atomic mass is 10.2. The maximum absolute atomic E-state index is 12.2. The minimum Gasteiger partial charge on any atom is -0.478 e. The molecule has 2 rings (SSSR count). The lowest BCUT2D eigenvalue weighted by Gasteiger charge is -2.10. The van der Waals surface area contributed by atoms with E-state index in [-0.39, 0.29) is 26.5 Å². The minimum atomic E-state index is -3.88. The van der Waals surface area contributed by atoms with Gasteiger partial charge in [-0.3, -0.25) is 0 Å². The third-order valence-electron chi connectivity index (χ3n) is 3.28. The normalized spacial score (nSPS) is 21.8. The van der Waals surface area contributed by atoms with Gasteiger partial charge in [-0.05, 0) is 24.5 Å². The first-order valence-electron chi connectivity index (χ1n) is 6.01. The fourth-order valence-corrected chi connectivity index (χ4v) is 4.24. The van der Waals surface area contributed by atoms with Crippen LogP contribution < -0.4 is 4.72 Å². The Labute approximate surface area is 126 Å². The van der Waals surface area contributed by atoms with E-state index in [0.29, 0.717) is 5.92 Å². The molecule has 1 aromatic rings. The largest absolute Gasteiger partial charge is 0.478 e. The Morgan fingerprint density at radius 3 is 2.60 bits per heavy atom. The molecule has 2 atom stereocenters. The van der Waals surface area contributed by atoms with Crippen molar-refractivity contribution in [2.24, 2.45) is 5.92 Å². The quantitative estimate of drug-likeness (QED) is 0.865. The molecule has 0 saturated heterocycles. The molecule has 5 nitrogen and oxygen atoms in total. The van der Waals surface area contributed by atoms with Gasteiger partial charge in [0.05, 0.1) is 10.6 Å². The van der Waals surface area contributed by atoms with E-state index in [1.54, 1.807) is 0 Å². The van der Waals surface area contributed by atoms with Crippen LogP contribution in [0.25, 0.3) is 0 Å². The van der Waals surface area contributed by atoms with Crippen molar-refractivity contribution in [1.29, 1.82) is 0 Å². The van der Waals surface area contributed by atoms with Crippen LogP contribution in [-0.4, -0.2) is 25.5 Å². The van der Waals surface area contributed by atoms with E-state index < -0.39 is 16.0 Å². The molecule has 0 aromatic heterocycles. The molecule has 0 bridgehead atoms. The molecule has 1 aliphatic carbocycles. The standard InChI is InChI=1S/C12H13Cl2NO4S/c1-2-6-3-9(6)15-20(18,19)10-5-7(13)4-8(11(10)14)12(16)17/h4-6,9,15H,2-3H2,1H3,(H,16,17). The fourth-order valence-electron chi connectivity index (χ4n) is 2.02. The Bertz CT molecular complexity index is 660. The van der Waals surface area contributed by atoms with Crippen molar-refractivity contribution in [1.82, 2.24) is 4.72 Å². The second-order valence-corrected chi connectivity index (χ2v) is 7.20. The average molecular weight is 338 g/mol. The first-order chi connectivity index (χ1) is 9.26. The number of benzene rings is 1. The molecule has 2 unspecified atom stereocenters. The van der Waals surface area contributed by atoms with Crippen molar-refractivity contribution in [3.8, 4) is 0 Å². The van der Waals surface area contributed by atoms with Gasteiger partial charge in [0.15, 0.2) is 0 Å². The summed E-state index contributed by atoms with van der Waals surface area (Å²) in [6.07, 6.45) is 1.66. The molecule has 2 N–H and O–H groups in total. The van der Waals surface area contributed by atoms with Gasteiger partial charge < -0.3 is 5.11 Å². The summed E-state index contributed by atoms with van der Waals surface area (Å²) in [5.74, 6) is -1.01. The Morgan fingerprint density at radius 2 is 2.10 bits per heavy atom. The Balaban J connectivity index is 2.39.